The maximum absolute atomic E-state index is 5.96. The van der Waals surface area contributed by atoms with E-state index >= 15 is 0 Å². The van der Waals surface area contributed by atoms with Crippen LogP contribution in [0.1, 0.15) is 0 Å². The van der Waals surface area contributed by atoms with Crippen LogP contribution in [0.3, 0.4) is 0 Å². The zero-order chi connectivity index (χ0) is 13.4. The van der Waals surface area contributed by atoms with E-state index in [0.29, 0.717) is 10.9 Å². The fourth-order valence-electron chi connectivity index (χ4n) is 1.34. The molecule has 3 aromatic rings. The SMILES string of the molecule is CN(C)c1nnc(Sc2cc(Cl)nc3ncnn23)s1. The normalized spacial score (nSPS) is 11.1. The van der Waals surface area contributed by atoms with Crippen molar-refractivity contribution in [3.63, 3.8) is 0 Å². The van der Waals surface area contributed by atoms with Crippen molar-refractivity contribution < 1.29 is 0 Å². The Bertz CT molecular complexity index is 722. The van der Waals surface area contributed by atoms with Gasteiger partial charge in [-0.15, -0.1) is 10.2 Å². The molecular formula is C9H8ClN7S2. The van der Waals surface area contributed by atoms with Crippen molar-refractivity contribution in [3.8, 4) is 0 Å². The molecule has 0 unspecified atom stereocenters. The molecule has 0 aliphatic carbocycles. The van der Waals surface area contributed by atoms with Crippen LogP contribution in [0.2, 0.25) is 5.15 Å². The van der Waals surface area contributed by atoms with Crippen LogP contribution in [-0.2, 0) is 0 Å². The van der Waals surface area contributed by atoms with E-state index in [1.54, 1.807) is 10.6 Å². The molecule has 19 heavy (non-hydrogen) atoms. The highest BCUT2D eigenvalue weighted by molar-refractivity contribution is 8.01. The van der Waals surface area contributed by atoms with Crippen LogP contribution in [0.15, 0.2) is 21.8 Å². The van der Waals surface area contributed by atoms with Gasteiger partial charge in [0, 0.05) is 20.2 Å². The van der Waals surface area contributed by atoms with Gasteiger partial charge >= 0.3 is 0 Å². The second kappa shape index (κ2) is 4.91. The second-order valence-electron chi connectivity index (χ2n) is 3.74. The number of halogens is 1. The first-order valence-corrected chi connectivity index (χ1v) is 7.19. The second-order valence-corrected chi connectivity index (χ2v) is 6.35. The molecule has 7 nitrogen and oxygen atoms in total. The Morgan fingerprint density at radius 3 is 2.95 bits per heavy atom. The summed E-state index contributed by atoms with van der Waals surface area (Å²) in [6.45, 7) is 0. The first kappa shape index (κ1) is 12.6. The van der Waals surface area contributed by atoms with E-state index in [-0.39, 0.29) is 0 Å². The van der Waals surface area contributed by atoms with E-state index in [2.05, 4.69) is 25.3 Å². The molecule has 10 heteroatoms. The molecule has 0 bridgehead atoms. The van der Waals surface area contributed by atoms with E-state index in [9.17, 15) is 0 Å². The maximum Gasteiger partial charge on any atom is 0.254 e. The summed E-state index contributed by atoms with van der Waals surface area (Å²) in [5.74, 6) is 0.465. The third-order valence-corrected chi connectivity index (χ3v) is 4.49. The van der Waals surface area contributed by atoms with Gasteiger partial charge in [0.05, 0.1) is 0 Å². The number of aromatic nitrogens is 6. The van der Waals surface area contributed by atoms with Gasteiger partial charge in [-0.1, -0.05) is 22.9 Å². The standard InChI is InChI=1S/C9H8ClN7S2/c1-16(2)8-14-15-9(19-8)18-6-3-5(10)13-7-11-4-12-17(6)7/h3-4H,1-2H3. The van der Waals surface area contributed by atoms with Crippen molar-refractivity contribution >= 4 is 45.6 Å². The lowest BCUT2D eigenvalue weighted by atomic mass is 10.7. The molecule has 0 aliphatic rings. The number of fused-ring (bicyclic) bond motifs is 1. The Labute approximate surface area is 121 Å². The van der Waals surface area contributed by atoms with E-state index in [1.807, 2.05) is 19.0 Å². The first-order chi connectivity index (χ1) is 9.13. The van der Waals surface area contributed by atoms with Crippen molar-refractivity contribution in [2.24, 2.45) is 0 Å². The van der Waals surface area contributed by atoms with Crippen molar-refractivity contribution in [1.29, 1.82) is 0 Å². The largest absolute Gasteiger partial charge is 0.353 e. The Balaban J connectivity index is 1.97. The van der Waals surface area contributed by atoms with Crippen LogP contribution in [0.5, 0.6) is 0 Å². The molecule has 0 saturated heterocycles. The zero-order valence-electron chi connectivity index (χ0n) is 9.98. The van der Waals surface area contributed by atoms with E-state index in [4.69, 9.17) is 11.6 Å². The number of hydrogen-bond donors (Lipinski definition) is 0. The lowest BCUT2D eigenvalue weighted by Crippen LogP contribution is -2.07. The van der Waals surface area contributed by atoms with Gasteiger partial charge in [0.25, 0.3) is 5.78 Å². The summed E-state index contributed by atoms with van der Waals surface area (Å²) in [5.41, 5.74) is 0. The summed E-state index contributed by atoms with van der Waals surface area (Å²) >= 11 is 8.88. The third kappa shape index (κ3) is 2.48. The summed E-state index contributed by atoms with van der Waals surface area (Å²) in [4.78, 5) is 10.00. The van der Waals surface area contributed by atoms with Crippen molar-refractivity contribution in [2.45, 2.75) is 9.37 Å². The molecule has 3 aromatic heterocycles. The maximum atomic E-state index is 5.96. The highest BCUT2D eigenvalue weighted by Crippen LogP contribution is 2.33. The molecule has 0 saturated carbocycles. The summed E-state index contributed by atoms with van der Waals surface area (Å²) in [7, 11) is 3.85. The van der Waals surface area contributed by atoms with E-state index in [0.717, 1.165) is 14.5 Å². The molecule has 0 atom stereocenters. The molecule has 3 heterocycles. The monoisotopic (exact) mass is 313 g/mol. The van der Waals surface area contributed by atoms with E-state index < -0.39 is 0 Å². The topological polar surface area (TPSA) is 72.1 Å². The van der Waals surface area contributed by atoms with Gasteiger partial charge in [-0.25, -0.2) is 0 Å². The molecule has 0 N–H and O–H groups in total. The lowest BCUT2D eigenvalue weighted by Gasteiger charge is -2.04. The third-order valence-electron chi connectivity index (χ3n) is 2.16. The van der Waals surface area contributed by atoms with Crippen LogP contribution in [0, 0.1) is 0 Å². The van der Waals surface area contributed by atoms with Crippen molar-refractivity contribution in [2.75, 3.05) is 19.0 Å². The van der Waals surface area contributed by atoms with Gasteiger partial charge < -0.3 is 4.90 Å². The first-order valence-electron chi connectivity index (χ1n) is 5.18. The Hall–Kier alpha value is -1.45. The minimum Gasteiger partial charge on any atom is -0.353 e. The smallest absolute Gasteiger partial charge is 0.254 e. The van der Waals surface area contributed by atoms with Gasteiger partial charge in [0.2, 0.25) is 5.13 Å². The quantitative estimate of drug-likeness (QED) is 0.683. The minimum atomic E-state index is 0.375. The predicted octanol–water partition coefficient (Wildman–Crippen LogP) is 1.85. The summed E-state index contributed by atoms with van der Waals surface area (Å²) in [5, 5.41) is 14.3. The van der Waals surface area contributed by atoms with Crippen molar-refractivity contribution in [1.82, 2.24) is 29.8 Å². The van der Waals surface area contributed by atoms with Crippen LogP contribution >= 0.6 is 34.7 Å². The number of anilines is 1. The van der Waals surface area contributed by atoms with Gasteiger partial charge in [-0.2, -0.15) is 19.6 Å². The fraction of sp³-hybridized carbons (Fsp3) is 0.222. The molecule has 0 fully saturated rings. The van der Waals surface area contributed by atoms with Crippen LogP contribution in [0.4, 0.5) is 5.13 Å². The van der Waals surface area contributed by atoms with Crippen LogP contribution in [0.25, 0.3) is 5.78 Å². The predicted molar refractivity (Wildman–Crippen MR) is 74.2 cm³/mol. The molecule has 3 rings (SSSR count). The minimum absolute atomic E-state index is 0.375. The average molecular weight is 314 g/mol. The van der Waals surface area contributed by atoms with Crippen LogP contribution < -0.4 is 4.90 Å². The number of rotatable bonds is 3. The van der Waals surface area contributed by atoms with Crippen LogP contribution in [-0.4, -0.2) is 43.9 Å². The molecule has 0 radical (unpaired) electrons. The molecule has 0 amide bonds. The molecular weight excluding hydrogens is 306 g/mol. The van der Waals surface area contributed by atoms with E-state index in [1.165, 1.54) is 29.4 Å². The highest BCUT2D eigenvalue weighted by atomic mass is 35.5. The lowest BCUT2D eigenvalue weighted by molar-refractivity contribution is 0.841. The highest BCUT2D eigenvalue weighted by Gasteiger charge is 2.12. The summed E-state index contributed by atoms with van der Waals surface area (Å²) in [6, 6.07) is 1.73. The molecule has 98 valence electrons. The number of hydrogen-bond acceptors (Lipinski definition) is 8. The summed E-state index contributed by atoms with van der Waals surface area (Å²) < 4.78 is 2.43. The van der Waals surface area contributed by atoms with Gasteiger partial charge in [0.15, 0.2) is 4.34 Å². The molecule has 0 aliphatic heterocycles. The summed E-state index contributed by atoms with van der Waals surface area (Å²) in [6.07, 6.45) is 1.44. The number of nitrogens with zero attached hydrogens (tertiary/aromatic N) is 7. The zero-order valence-corrected chi connectivity index (χ0v) is 12.4. The Morgan fingerprint density at radius 1 is 1.37 bits per heavy atom. The fourth-order valence-corrected chi connectivity index (χ4v) is 3.38. The van der Waals surface area contributed by atoms with Crippen molar-refractivity contribution in [3.05, 3.63) is 17.5 Å². The molecule has 0 spiro atoms. The average Bonchev–Trinajstić information content (AvgIpc) is 2.96. The van der Waals surface area contributed by atoms with Gasteiger partial charge in [-0.3, -0.25) is 0 Å². The Kier molecular flexibility index (Phi) is 3.25. The van der Waals surface area contributed by atoms with Gasteiger partial charge in [0.1, 0.15) is 16.5 Å². The van der Waals surface area contributed by atoms with Gasteiger partial charge in [-0.05, 0) is 11.8 Å². The Morgan fingerprint density at radius 2 is 2.21 bits per heavy atom. The molecule has 0 aromatic carbocycles.